The molecule has 0 aliphatic heterocycles. The van der Waals surface area contributed by atoms with E-state index in [1.54, 1.807) is 48.5 Å². The molecule has 0 saturated heterocycles. The normalized spacial score (nSPS) is 10.1. The van der Waals surface area contributed by atoms with Crippen LogP contribution in [0.25, 0.3) is 11.1 Å². The molecule has 0 heterocycles. The molecule has 0 spiro atoms. The van der Waals surface area contributed by atoms with Gasteiger partial charge in [-0.3, -0.25) is 0 Å². The number of benzene rings is 2. The van der Waals surface area contributed by atoms with Crippen molar-refractivity contribution in [2.75, 3.05) is 6.61 Å². The Hall–Kier alpha value is -2.89. The molecule has 0 aliphatic carbocycles. The third-order valence-electron chi connectivity index (χ3n) is 3.01. The fraction of sp³-hybridized carbons (Fsp3) is 0.133. The van der Waals surface area contributed by atoms with E-state index in [9.17, 15) is 14.9 Å². The predicted octanol–water partition coefficient (Wildman–Crippen LogP) is 2.80. The topological polar surface area (TPSA) is 89.7 Å². The van der Waals surface area contributed by atoms with Crippen LogP contribution in [-0.2, 0) is 11.3 Å². The number of carbonyl (C=O) groups is 1. The van der Waals surface area contributed by atoms with Crippen LogP contribution < -0.4 is 0 Å². The van der Waals surface area contributed by atoms with Crippen molar-refractivity contribution in [2.24, 2.45) is 0 Å². The first kappa shape index (κ1) is 14.5. The van der Waals surface area contributed by atoms with E-state index in [0.29, 0.717) is 12.0 Å². The lowest BCUT2D eigenvalue weighted by molar-refractivity contribution is -0.757. The largest absolute Gasteiger partial charge is 0.478 e. The molecular formula is C15H13NO5. The highest BCUT2D eigenvalue weighted by Gasteiger charge is 2.10. The molecule has 21 heavy (non-hydrogen) atoms. The van der Waals surface area contributed by atoms with Gasteiger partial charge in [-0.15, -0.1) is 10.1 Å². The van der Waals surface area contributed by atoms with Crippen LogP contribution in [0.3, 0.4) is 0 Å². The maximum Gasteiger partial charge on any atom is 0.336 e. The van der Waals surface area contributed by atoms with Crippen molar-refractivity contribution in [3.05, 3.63) is 69.8 Å². The molecule has 0 fully saturated rings. The maximum absolute atomic E-state index is 11.2. The van der Waals surface area contributed by atoms with Gasteiger partial charge < -0.3 is 9.94 Å². The Labute approximate surface area is 120 Å². The van der Waals surface area contributed by atoms with E-state index in [4.69, 9.17) is 5.11 Å². The van der Waals surface area contributed by atoms with Gasteiger partial charge in [0, 0.05) is 0 Å². The van der Waals surface area contributed by atoms with Crippen molar-refractivity contribution in [2.45, 2.75) is 6.42 Å². The molecule has 1 N–H and O–H groups in total. The van der Waals surface area contributed by atoms with Crippen LogP contribution in [0.15, 0.2) is 48.5 Å². The molecule has 0 bridgehead atoms. The summed E-state index contributed by atoms with van der Waals surface area (Å²) in [7, 11) is 0. The molecule has 0 atom stereocenters. The van der Waals surface area contributed by atoms with Crippen molar-refractivity contribution in [3.8, 4) is 11.1 Å². The van der Waals surface area contributed by atoms with Crippen LogP contribution in [0, 0.1) is 10.1 Å². The Morgan fingerprint density at radius 1 is 1.14 bits per heavy atom. The number of carboxylic acid groups (broad SMARTS) is 1. The summed E-state index contributed by atoms with van der Waals surface area (Å²) in [5.41, 5.74) is 2.54. The lowest BCUT2D eigenvalue weighted by Crippen LogP contribution is -2.04. The van der Waals surface area contributed by atoms with E-state index in [1.165, 1.54) is 0 Å². The highest BCUT2D eigenvalue weighted by atomic mass is 16.9. The Morgan fingerprint density at radius 3 is 2.43 bits per heavy atom. The Balaban J connectivity index is 2.16. The first-order valence-electron chi connectivity index (χ1n) is 6.27. The van der Waals surface area contributed by atoms with E-state index in [2.05, 4.69) is 4.84 Å². The number of nitrogens with zero attached hydrogens (tertiary/aromatic N) is 1. The lowest BCUT2D eigenvalue weighted by atomic mass is 9.98. The average Bonchev–Trinajstić information content (AvgIpc) is 2.47. The number of hydrogen-bond acceptors (Lipinski definition) is 4. The highest BCUT2D eigenvalue weighted by Crippen LogP contribution is 2.24. The summed E-state index contributed by atoms with van der Waals surface area (Å²) in [6, 6.07) is 13.9. The Morgan fingerprint density at radius 2 is 1.81 bits per heavy atom. The van der Waals surface area contributed by atoms with Crippen LogP contribution in [-0.4, -0.2) is 22.8 Å². The molecular weight excluding hydrogens is 274 g/mol. The minimum atomic E-state index is -0.978. The minimum Gasteiger partial charge on any atom is -0.478 e. The number of aromatic carboxylic acids is 1. The van der Waals surface area contributed by atoms with Gasteiger partial charge in [-0.05, 0) is 29.2 Å². The van der Waals surface area contributed by atoms with Crippen LogP contribution in [0.1, 0.15) is 15.9 Å². The zero-order chi connectivity index (χ0) is 15.2. The van der Waals surface area contributed by atoms with Crippen molar-refractivity contribution >= 4 is 5.97 Å². The number of carboxylic acids is 1. The van der Waals surface area contributed by atoms with Gasteiger partial charge >= 0.3 is 5.97 Å². The molecule has 2 aromatic carbocycles. The van der Waals surface area contributed by atoms with Gasteiger partial charge in [0.05, 0.1) is 5.56 Å². The van der Waals surface area contributed by atoms with Crippen molar-refractivity contribution in [1.29, 1.82) is 0 Å². The van der Waals surface area contributed by atoms with Gasteiger partial charge in [-0.2, -0.15) is 0 Å². The van der Waals surface area contributed by atoms with Crippen LogP contribution in [0.4, 0.5) is 0 Å². The molecule has 2 aromatic rings. The smallest absolute Gasteiger partial charge is 0.336 e. The fourth-order valence-electron chi connectivity index (χ4n) is 2.01. The zero-order valence-corrected chi connectivity index (χ0v) is 11.1. The van der Waals surface area contributed by atoms with E-state index in [-0.39, 0.29) is 12.2 Å². The molecule has 0 unspecified atom stereocenters. The Bertz CT molecular complexity index is 651. The van der Waals surface area contributed by atoms with E-state index in [0.717, 1.165) is 11.1 Å². The van der Waals surface area contributed by atoms with E-state index >= 15 is 0 Å². The third-order valence-corrected chi connectivity index (χ3v) is 3.01. The summed E-state index contributed by atoms with van der Waals surface area (Å²) in [4.78, 5) is 25.5. The maximum atomic E-state index is 11.2. The summed E-state index contributed by atoms with van der Waals surface area (Å²) >= 11 is 0. The van der Waals surface area contributed by atoms with Crippen molar-refractivity contribution in [3.63, 3.8) is 0 Å². The molecule has 0 aromatic heterocycles. The van der Waals surface area contributed by atoms with Gasteiger partial charge in [0.1, 0.15) is 6.61 Å². The van der Waals surface area contributed by atoms with Crippen LogP contribution >= 0.6 is 0 Å². The van der Waals surface area contributed by atoms with Crippen molar-refractivity contribution < 1.29 is 19.8 Å². The summed E-state index contributed by atoms with van der Waals surface area (Å²) in [5.74, 6) is -0.978. The minimum absolute atomic E-state index is 0.00193. The van der Waals surface area contributed by atoms with E-state index < -0.39 is 11.1 Å². The highest BCUT2D eigenvalue weighted by molar-refractivity contribution is 5.95. The van der Waals surface area contributed by atoms with Gasteiger partial charge in [0.2, 0.25) is 0 Å². The molecule has 0 saturated carbocycles. The van der Waals surface area contributed by atoms with Gasteiger partial charge in [-0.25, -0.2) is 4.79 Å². The quantitative estimate of drug-likeness (QED) is 0.651. The van der Waals surface area contributed by atoms with Gasteiger partial charge in [0.25, 0.3) is 5.09 Å². The second kappa shape index (κ2) is 6.51. The zero-order valence-electron chi connectivity index (χ0n) is 11.1. The second-order valence-electron chi connectivity index (χ2n) is 4.35. The standard InChI is InChI=1S/C15H13NO5/c17-15(18)14-4-2-1-3-13(14)12-7-5-11(6-8-12)9-10-21-16(19)20/h1-8H,9-10H2,(H,17,18). The summed E-state index contributed by atoms with van der Waals surface area (Å²) in [5, 5.41) is 18.4. The van der Waals surface area contributed by atoms with Crippen LogP contribution in [0.2, 0.25) is 0 Å². The number of hydrogen-bond donors (Lipinski definition) is 1. The second-order valence-corrected chi connectivity index (χ2v) is 4.35. The number of rotatable bonds is 6. The molecule has 6 heteroatoms. The monoisotopic (exact) mass is 287 g/mol. The summed E-state index contributed by atoms with van der Waals surface area (Å²) in [6.45, 7) is -0.00193. The molecule has 0 aliphatic rings. The lowest BCUT2D eigenvalue weighted by Gasteiger charge is -2.07. The van der Waals surface area contributed by atoms with Crippen molar-refractivity contribution in [1.82, 2.24) is 0 Å². The summed E-state index contributed by atoms with van der Waals surface area (Å²) < 4.78 is 0. The SMILES string of the molecule is O=C(O)c1ccccc1-c1ccc(CCO[N+](=O)[O-])cc1. The summed E-state index contributed by atoms with van der Waals surface area (Å²) in [6.07, 6.45) is 0.418. The molecule has 6 nitrogen and oxygen atoms in total. The van der Waals surface area contributed by atoms with Gasteiger partial charge in [0.15, 0.2) is 0 Å². The molecule has 0 radical (unpaired) electrons. The molecule has 108 valence electrons. The first-order valence-corrected chi connectivity index (χ1v) is 6.27. The first-order chi connectivity index (χ1) is 10.1. The predicted molar refractivity (Wildman–Crippen MR) is 75.5 cm³/mol. The fourth-order valence-corrected chi connectivity index (χ4v) is 2.01. The third kappa shape index (κ3) is 3.79. The van der Waals surface area contributed by atoms with Crippen LogP contribution in [0.5, 0.6) is 0 Å². The molecule has 0 amide bonds. The molecule has 2 rings (SSSR count). The average molecular weight is 287 g/mol. The van der Waals surface area contributed by atoms with E-state index in [1.807, 2.05) is 0 Å². The Kier molecular flexibility index (Phi) is 4.50. The van der Waals surface area contributed by atoms with Gasteiger partial charge in [-0.1, -0.05) is 42.5 Å².